The van der Waals surface area contributed by atoms with Crippen molar-refractivity contribution >= 4 is 35.2 Å². The van der Waals surface area contributed by atoms with Gasteiger partial charge in [0.1, 0.15) is 5.58 Å². The Balaban J connectivity index is 0.000000229. The Morgan fingerprint density at radius 1 is 0.740 bits per heavy atom. The van der Waals surface area contributed by atoms with Crippen molar-refractivity contribution in [1.82, 2.24) is 9.97 Å². The summed E-state index contributed by atoms with van der Waals surface area (Å²) < 4.78 is 69.1. The summed E-state index contributed by atoms with van der Waals surface area (Å²) >= 11 is 0. The number of nitrogens with zero attached hydrogens (tertiary/aromatic N) is 2. The van der Waals surface area contributed by atoms with Crippen molar-refractivity contribution in [3.8, 4) is 33.6 Å². The molecular weight excluding hydrogens is 805 g/mol. The Hall–Kier alpha value is -4.15. The van der Waals surface area contributed by atoms with Gasteiger partial charge in [0.25, 0.3) is 0 Å². The maximum atomic E-state index is 8.50. The number of pyridine rings is 2. The Bertz CT molecular complexity index is 2550. The van der Waals surface area contributed by atoms with Crippen LogP contribution in [0.1, 0.15) is 72.7 Å². The summed E-state index contributed by atoms with van der Waals surface area (Å²) in [5, 5.41) is 3.11. The third kappa shape index (κ3) is 7.91. The van der Waals surface area contributed by atoms with E-state index in [-0.39, 0.29) is 31.2 Å². The Kier molecular flexibility index (Phi) is 8.48. The fourth-order valence-corrected chi connectivity index (χ4v) is 7.53. The van der Waals surface area contributed by atoms with E-state index in [1.807, 2.05) is 62.5 Å². The Morgan fingerprint density at radius 3 is 2.14 bits per heavy atom. The summed E-state index contributed by atoms with van der Waals surface area (Å²) in [6, 6.07) is 34.8. The van der Waals surface area contributed by atoms with Gasteiger partial charge < -0.3 is 14.4 Å². The minimum Gasteiger partial charge on any atom is -0.501 e. The number of aryl methyl sites for hydroxylation is 2. The van der Waals surface area contributed by atoms with Crippen LogP contribution in [-0.4, -0.2) is 18.0 Å². The Morgan fingerprint density at radius 2 is 1.48 bits per heavy atom. The molecule has 3 heterocycles. The van der Waals surface area contributed by atoms with Gasteiger partial charge in [0.2, 0.25) is 0 Å². The first-order valence-electron chi connectivity index (χ1n) is 20.4. The van der Waals surface area contributed by atoms with Gasteiger partial charge in [0.15, 0.2) is 0 Å². The van der Waals surface area contributed by atoms with E-state index in [1.54, 1.807) is 32.0 Å². The van der Waals surface area contributed by atoms with Crippen LogP contribution < -0.4 is 5.19 Å². The maximum Gasteiger partial charge on any atom is 0.121 e. The zero-order valence-electron chi connectivity index (χ0n) is 37.5. The molecule has 0 saturated heterocycles. The van der Waals surface area contributed by atoms with Gasteiger partial charge in [-0.25, -0.2) is 0 Å². The zero-order chi connectivity index (χ0) is 41.7. The summed E-state index contributed by atoms with van der Waals surface area (Å²) in [5.41, 5.74) is 7.98. The maximum absolute atomic E-state index is 8.50. The smallest absolute Gasteiger partial charge is 0.121 e. The fourth-order valence-electron chi connectivity index (χ4n) is 5.95. The van der Waals surface area contributed by atoms with Gasteiger partial charge in [-0.15, -0.1) is 53.6 Å². The van der Waals surface area contributed by atoms with Crippen LogP contribution in [0.4, 0.5) is 0 Å². The molecule has 0 amide bonds. The second-order valence-electron chi connectivity index (χ2n) is 13.7. The quantitative estimate of drug-likeness (QED) is 0.124. The minimum atomic E-state index is -2.35. The van der Waals surface area contributed by atoms with Gasteiger partial charge in [-0.05, 0) is 63.5 Å². The van der Waals surface area contributed by atoms with Crippen LogP contribution in [0.2, 0.25) is 19.6 Å². The SMILES string of the molecule is [2H]C([2H])([2H])c1c[c-]c(-c2cc(C([2H])(C)C)c([Si](C)(C)C)cn2)cc1.[2H]C([2H])([2H])c1cnc(-c2[c-]ccc3c2oc2cc(-c4ccccc4)ccc23)cc1C([2H])(C)C.[Ir]. The van der Waals surface area contributed by atoms with Crippen LogP contribution in [0, 0.1) is 25.8 Å². The fraction of sp³-hybridized carbons (Fsp3) is 0.244. The number of aromatic nitrogens is 2. The van der Waals surface area contributed by atoms with Crippen molar-refractivity contribution in [3.63, 3.8) is 0 Å². The summed E-state index contributed by atoms with van der Waals surface area (Å²) in [4.78, 5) is 9.00. The molecule has 0 saturated carbocycles. The summed E-state index contributed by atoms with van der Waals surface area (Å²) in [6.07, 6.45) is 3.25. The molecule has 4 aromatic carbocycles. The molecule has 0 aliphatic rings. The first kappa shape index (κ1) is 27.6. The van der Waals surface area contributed by atoms with Crippen molar-refractivity contribution in [2.24, 2.45) is 0 Å². The molecule has 0 spiro atoms. The van der Waals surface area contributed by atoms with Crippen LogP contribution in [-0.2, 0) is 20.1 Å². The van der Waals surface area contributed by atoms with Gasteiger partial charge in [-0.2, -0.15) is 0 Å². The van der Waals surface area contributed by atoms with Crippen molar-refractivity contribution in [3.05, 3.63) is 138 Å². The standard InChI is InChI=1S/C27H22NO.C18H24NSi.Ir/c1-17(2)24-15-25(28-16-18(24)3)23-11-7-10-22-21-13-12-20(14-26(21)29-27(22)23)19-8-5-4-6-9-19;1-13(2)16-11-17(15-9-7-14(3)8-10-15)19-12-18(16)20(4,5)6;/h4-10,12-17H,1-3H3;7-9,11-13H,1-6H3;/q2*-1;/i3D3,17D;3D3,13D;. The molecule has 0 N–H and O–H groups in total. The van der Waals surface area contributed by atoms with Gasteiger partial charge >= 0.3 is 0 Å². The van der Waals surface area contributed by atoms with E-state index >= 15 is 0 Å². The van der Waals surface area contributed by atoms with E-state index in [0.29, 0.717) is 22.4 Å². The number of fused-ring (bicyclic) bond motifs is 3. The monoisotopic (exact) mass is 859 g/mol. The Labute approximate surface area is 323 Å². The van der Waals surface area contributed by atoms with Gasteiger partial charge in [0, 0.05) is 48.9 Å². The second kappa shape index (κ2) is 15.4. The topological polar surface area (TPSA) is 38.9 Å². The average molecular weight is 859 g/mol. The van der Waals surface area contributed by atoms with Gasteiger partial charge in [-0.3, -0.25) is 0 Å². The summed E-state index contributed by atoms with van der Waals surface area (Å²) in [6.45, 7) is 9.40. The largest absolute Gasteiger partial charge is 0.501 e. The van der Waals surface area contributed by atoms with Crippen molar-refractivity contribution < 1.29 is 35.5 Å². The van der Waals surface area contributed by atoms with E-state index in [1.165, 1.54) is 17.4 Å². The second-order valence-corrected chi connectivity index (χ2v) is 18.8. The van der Waals surface area contributed by atoms with Crippen LogP contribution in [0.5, 0.6) is 0 Å². The first-order valence-corrected chi connectivity index (χ1v) is 19.9. The number of furan rings is 1. The molecule has 0 fully saturated rings. The third-order valence-corrected chi connectivity index (χ3v) is 10.6. The molecule has 0 aliphatic carbocycles. The van der Waals surface area contributed by atoms with Crippen molar-refractivity contribution in [2.75, 3.05) is 0 Å². The van der Waals surface area contributed by atoms with E-state index in [0.717, 1.165) is 44.3 Å². The van der Waals surface area contributed by atoms with Crippen molar-refractivity contribution in [1.29, 1.82) is 0 Å². The van der Waals surface area contributed by atoms with E-state index in [4.69, 9.17) is 15.4 Å². The molecule has 257 valence electrons. The normalized spacial score (nSPS) is 14.8. The summed E-state index contributed by atoms with van der Waals surface area (Å²) in [7, 11) is -1.61. The molecule has 7 rings (SSSR count). The van der Waals surface area contributed by atoms with Crippen molar-refractivity contribution in [2.45, 2.75) is 72.8 Å². The predicted molar refractivity (Wildman–Crippen MR) is 210 cm³/mol. The number of hydrogen-bond donors (Lipinski definition) is 0. The molecule has 3 nitrogen and oxygen atoms in total. The number of rotatable bonds is 6. The molecule has 1 radical (unpaired) electrons. The average Bonchev–Trinajstić information content (AvgIpc) is 3.51. The van der Waals surface area contributed by atoms with Crippen LogP contribution in [0.25, 0.3) is 55.6 Å². The first-order chi connectivity index (χ1) is 26.4. The zero-order valence-corrected chi connectivity index (χ0v) is 32.8. The molecule has 0 bridgehead atoms. The molecule has 0 aliphatic heterocycles. The molecule has 5 heteroatoms. The van der Waals surface area contributed by atoms with Crippen LogP contribution in [0.15, 0.2) is 108 Å². The van der Waals surface area contributed by atoms with Gasteiger partial charge in [0.05, 0.1) is 13.7 Å². The third-order valence-electron chi connectivity index (χ3n) is 8.58. The minimum absolute atomic E-state index is 0. The molecule has 0 unspecified atom stereocenters. The molecule has 50 heavy (non-hydrogen) atoms. The molecule has 7 aromatic rings. The van der Waals surface area contributed by atoms with Crippen LogP contribution in [0.3, 0.4) is 0 Å². The van der Waals surface area contributed by atoms with Gasteiger partial charge in [-0.1, -0.05) is 125 Å². The summed E-state index contributed by atoms with van der Waals surface area (Å²) in [5.74, 6) is -1.82. The molecule has 3 aromatic heterocycles. The van der Waals surface area contributed by atoms with E-state index in [2.05, 4.69) is 66.0 Å². The molecule has 0 atom stereocenters. The number of hydrogen-bond acceptors (Lipinski definition) is 3. The van der Waals surface area contributed by atoms with E-state index in [9.17, 15) is 0 Å². The van der Waals surface area contributed by atoms with E-state index < -0.39 is 33.6 Å². The van der Waals surface area contributed by atoms with Crippen LogP contribution >= 0.6 is 0 Å². The number of benzene rings is 4. The predicted octanol–water partition coefficient (Wildman–Crippen LogP) is 12.1. The molecular formula is C45H46IrN2OSi-2.